The predicted molar refractivity (Wildman–Crippen MR) is 91.1 cm³/mol. The van der Waals surface area contributed by atoms with Crippen molar-refractivity contribution in [1.29, 1.82) is 0 Å². The summed E-state index contributed by atoms with van der Waals surface area (Å²) in [6, 6.07) is 1.94. The van der Waals surface area contributed by atoms with Gasteiger partial charge in [-0.3, -0.25) is 4.68 Å². The van der Waals surface area contributed by atoms with Crippen LogP contribution in [0, 0.1) is 13.8 Å². The van der Waals surface area contributed by atoms with Crippen molar-refractivity contribution in [3.63, 3.8) is 0 Å². The van der Waals surface area contributed by atoms with Gasteiger partial charge in [0, 0.05) is 30.4 Å². The molecule has 3 aromatic rings. The lowest BCUT2D eigenvalue weighted by molar-refractivity contribution is 0.0273. The van der Waals surface area contributed by atoms with Gasteiger partial charge in [0.1, 0.15) is 17.0 Å². The number of fused-ring (bicyclic) bond motifs is 1. The summed E-state index contributed by atoms with van der Waals surface area (Å²) in [5, 5.41) is 5.46. The Balaban J connectivity index is 1.62. The minimum absolute atomic E-state index is 0.119. The number of aromatic nitrogens is 4. The van der Waals surface area contributed by atoms with Gasteiger partial charge in [0.15, 0.2) is 0 Å². The second kappa shape index (κ2) is 5.90. The lowest BCUT2D eigenvalue weighted by atomic mass is 10.2. The summed E-state index contributed by atoms with van der Waals surface area (Å²) < 4.78 is 7.83. The molecular formula is C16H19N5OS. The van der Waals surface area contributed by atoms with Crippen LogP contribution in [0.2, 0.25) is 0 Å². The summed E-state index contributed by atoms with van der Waals surface area (Å²) in [5.74, 6) is 1.03. The molecule has 3 aromatic heterocycles. The highest BCUT2D eigenvalue weighted by molar-refractivity contribution is 7.18. The first-order valence-electron chi connectivity index (χ1n) is 7.77. The fraction of sp³-hybridized carbons (Fsp3) is 0.438. The molecule has 1 aliphatic heterocycles. The second-order valence-corrected chi connectivity index (χ2v) is 7.03. The molecule has 1 atom stereocenters. The summed E-state index contributed by atoms with van der Waals surface area (Å²) in [6.45, 7) is 7.45. The third kappa shape index (κ3) is 2.70. The van der Waals surface area contributed by atoms with Gasteiger partial charge in [0.25, 0.3) is 0 Å². The van der Waals surface area contributed by atoms with E-state index >= 15 is 0 Å². The number of hydrogen-bond donors (Lipinski definition) is 0. The standard InChI is InChI=1S/C16H19N5OS/c1-11-12(2)23-16-14(11)15(17-10-18-16)20-6-7-22-13(8-20)9-21-5-3-4-19-21/h3-5,10,13H,6-9H2,1-2H3/t13-/m1/s1. The van der Waals surface area contributed by atoms with Crippen molar-refractivity contribution in [1.82, 2.24) is 19.7 Å². The van der Waals surface area contributed by atoms with Crippen molar-refractivity contribution in [3.05, 3.63) is 35.2 Å². The molecule has 120 valence electrons. The first kappa shape index (κ1) is 14.6. The topological polar surface area (TPSA) is 56.1 Å². The highest BCUT2D eigenvalue weighted by Crippen LogP contribution is 2.34. The van der Waals surface area contributed by atoms with Crippen LogP contribution in [0.5, 0.6) is 0 Å². The van der Waals surface area contributed by atoms with E-state index in [4.69, 9.17) is 4.74 Å². The fourth-order valence-electron chi connectivity index (χ4n) is 3.04. The van der Waals surface area contributed by atoms with Crippen LogP contribution in [0.1, 0.15) is 10.4 Å². The van der Waals surface area contributed by atoms with Crippen LogP contribution >= 0.6 is 11.3 Å². The van der Waals surface area contributed by atoms with Crippen LogP contribution in [-0.2, 0) is 11.3 Å². The Kier molecular flexibility index (Phi) is 3.74. The average Bonchev–Trinajstić information content (AvgIpc) is 3.16. The Labute approximate surface area is 138 Å². The van der Waals surface area contributed by atoms with Gasteiger partial charge in [-0.15, -0.1) is 11.3 Å². The molecular weight excluding hydrogens is 310 g/mol. The van der Waals surface area contributed by atoms with Crippen molar-refractivity contribution in [3.8, 4) is 0 Å². The van der Waals surface area contributed by atoms with Crippen LogP contribution < -0.4 is 4.90 Å². The monoisotopic (exact) mass is 329 g/mol. The molecule has 1 fully saturated rings. The van der Waals surface area contributed by atoms with E-state index in [0.29, 0.717) is 6.61 Å². The van der Waals surface area contributed by atoms with Crippen LogP contribution in [0.15, 0.2) is 24.8 Å². The average molecular weight is 329 g/mol. The highest BCUT2D eigenvalue weighted by atomic mass is 32.1. The fourth-order valence-corrected chi connectivity index (χ4v) is 4.03. The molecule has 6 nitrogen and oxygen atoms in total. The zero-order valence-corrected chi connectivity index (χ0v) is 14.1. The third-order valence-electron chi connectivity index (χ3n) is 4.33. The van der Waals surface area contributed by atoms with Crippen molar-refractivity contribution in [2.45, 2.75) is 26.5 Å². The Morgan fingerprint density at radius 2 is 2.26 bits per heavy atom. The normalized spacial score (nSPS) is 18.7. The molecule has 0 bridgehead atoms. The number of nitrogens with zero attached hydrogens (tertiary/aromatic N) is 5. The number of hydrogen-bond acceptors (Lipinski definition) is 6. The van der Waals surface area contributed by atoms with Gasteiger partial charge < -0.3 is 9.64 Å². The quantitative estimate of drug-likeness (QED) is 0.738. The maximum absolute atomic E-state index is 5.91. The Bertz CT molecular complexity index is 813. The van der Waals surface area contributed by atoms with Gasteiger partial charge in [-0.2, -0.15) is 5.10 Å². The van der Waals surface area contributed by atoms with E-state index in [0.717, 1.165) is 30.3 Å². The number of rotatable bonds is 3. The first-order chi connectivity index (χ1) is 11.2. The molecule has 0 N–H and O–H groups in total. The van der Waals surface area contributed by atoms with Gasteiger partial charge in [0.2, 0.25) is 0 Å². The molecule has 0 aromatic carbocycles. The molecule has 0 spiro atoms. The number of morpholine rings is 1. The van der Waals surface area contributed by atoms with Gasteiger partial charge in [-0.05, 0) is 25.5 Å². The molecule has 1 saturated heterocycles. The summed E-state index contributed by atoms with van der Waals surface area (Å²) >= 11 is 1.74. The Morgan fingerprint density at radius 1 is 1.35 bits per heavy atom. The van der Waals surface area contributed by atoms with Crippen LogP contribution in [0.4, 0.5) is 5.82 Å². The SMILES string of the molecule is Cc1sc2ncnc(N3CCO[C@@H](Cn4cccn4)C3)c2c1C. The van der Waals surface area contributed by atoms with Crippen LogP contribution in [0.25, 0.3) is 10.2 Å². The lowest BCUT2D eigenvalue weighted by Gasteiger charge is -2.34. The molecule has 7 heteroatoms. The van der Waals surface area contributed by atoms with Crippen molar-refractivity contribution >= 4 is 27.4 Å². The van der Waals surface area contributed by atoms with Crippen molar-refractivity contribution < 1.29 is 4.74 Å². The molecule has 0 radical (unpaired) electrons. The largest absolute Gasteiger partial charge is 0.373 e. The first-order valence-corrected chi connectivity index (χ1v) is 8.58. The molecule has 4 rings (SSSR count). The van der Waals surface area contributed by atoms with E-state index in [9.17, 15) is 0 Å². The van der Waals surface area contributed by atoms with Gasteiger partial charge in [-0.25, -0.2) is 9.97 Å². The van der Waals surface area contributed by atoms with E-state index in [1.807, 2.05) is 16.9 Å². The molecule has 1 aliphatic rings. The van der Waals surface area contributed by atoms with E-state index in [-0.39, 0.29) is 6.10 Å². The molecule has 4 heterocycles. The summed E-state index contributed by atoms with van der Waals surface area (Å²) in [6.07, 6.45) is 5.56. The number of ether oxygens (including phenoxy) is 1. The third-order valence-corrected chi connectivity index (χ3v) is 5.45. The zero-order valence-electron chi connectivity index (χ0n) is 13.3. The smallest absolute Gasteiger partial charge is 0.141 e. The maximum atomic E-state index is 5.91. The predicted octanol–water partition coefficient (Wildman–Crippen LogP) is 2.41. The zero-order chi connectivity index (χ0) is 15.8. The van der Waals surface area contributed by atoms with E-state index in [1.165, 1.54) is 15.8 Å². The van der Waals surface area contributed by atoms with E-state index in [2.05, 4.69) is 33.8 Å². The van der Waals surface area contributed by atoms with Crippen molar-refractivity contribution in [2.75, 3.05) is 24.6 Å². The van der Waals surface area contributed by atoms with Gasteiger partial charge in [0.05, 0.1) is 24.6 Å². The number of anilines is 1. The summed E-state index contributed by atoms with van der Waals surface area (Å²) in [4.78, 5) is 13.7. The minimum atomic E-state index is 0.119. The molecule has 0 unspecified atom stereocenters. The maximum Gasteiger partial charge on any atom is 0.141 e. The molecule has 0 amide bonds. The lowest BCUT2D eigenvalue weighted by Crippen LogP contribution is -2.44. The second-order valence-electron chi connectivity index (χ2n) is 5.83. The number of aryl methyl sites for hydroxylation is 2. The summed E-state index contributed by atoms with van der Waals surface area (Å²) in [7, 11) is 0. The van der Waals surface area contributed by atoms with Gasteiger partial charge in [-0.1, -0.05) is 0 Å². The van der Waals surface area contributed by atoms with E-state index in [1.54, 1.807) is 23.9 Å². The highest BCUT2D eigenvalue weighted by Gasteiger charge is 2.25. The van der Waals surface area contributed by atoms with Crippen molar-refractivity contribution in [2.24, 2.45) is 0 Å². The Morgan fingerprint density at radius 3 is 3.09 bits per heavy atom. The summed E-state index contributed by atoms with van der Waals surface area (Å²) in [5.41, 5.74) is 1.29. The van der Waals surface area contributed by atoms with Gasteiger partial charge >= 0.3 is 0 Å². The van der Waals surface area contributed by atoms with E-state index < -0.39 is 0 Å². The van der Waals surface area contributed by atoms with Crippen LogP contribution in [0.3, 0.4) is 0 Å². The number of thiophene rings is 1. The minimum Gasteiger partial charge on any atom is -0.373 e. The molecule has 0 saturated carbocycles. The molecule has 0 aliphatic carbocycles. The Hall–Kier alpha value is -1.99. The molecule has 23 heavy (non-hydrogen) atoms. The van der Waals surface area contributed by atoms with Crippen LogP contribution in [-0.4, -0.2) is 45.5 Å².